The van der Waals surface area contributed by atoms with Gasteiger partial charge < -0.3 is 10.1 Å². The van der Waals surface area contributed by atoms with Gasteiger partial charge >= 0.3 is 0 Å². The Kier molecular flexibility index (Phi) is 2.97. The number of aromatic nitrogens is 5. The first-order valence-corrected chi connectivity index (χ1v) is 6.98. The lowest BCUT2D eigenvalue weighted by Crippen LogP contribution is -2.20. The molecule has 0 radical (unpaired) electrons. The molecule has 0 fully saturated rings. The van der Waals surface area contributed by atoms with Crippen molar-refractivity contribution in [2.24, 2.45) is 0 Å². The van der Waals surface area contributed by atoms with Crippen LogP contribution in [-0.4, -0.2) is 24.4 Å². The molecule has 110 valence electrons. The van der Waals surface area contributed by atoms with E-state index in [0.717, 1.165) is 17.0 Å². The molecule has 0 atom stereocenters. The van der Waals surface area contributed by atoms with Crippen LogP contribution in [0.25, 0.3) is 5.65 Å². The molecule has 0 amide bonds. The standard InChI is InChI=1S/C15H20N6/c1-10-5-6-12-17-11(8-20(12)7-10)9-21-13(15(2,3)4)14(16)18-19-21/h5-8H,9,16H2,1-4H3. The maximum atomic E-state index is 5.96. The van der Waals surface area contributed by atoms with Crippen molar-refractivity contribution in [2.45, 2.75) is 39.7 Å². The highest BCUT2D eigenvalue weighted by Crippen LogP contribution is 2.26. The highest BCUT2D eigenvalue weighted by atomic mass is 15.4. The molecule has 3 aromatic rings. The summed E-state index contributed by atoms with van der Waals surface area (Å²) < 4.78 is 3.87. The van der Waals surface area contributed by atoms with Crippen molar-refractivity contribution in [1.29, 1.82) is 0 Å². The summed E-state index contributed by atoms with van der Waals surface area (Å²) in [6.07, 6.45) is 4.08. The summed E-state index contributed by atoms with van der Waals surface area (Å²) in [5.41, 5.74) is 9.86. The quantitative estimate of drug-likeness (QED) is 0.782. The number of anilines is 1. The van der Waals surface area contributed by atoms with E-state index in [1.165, 1.54) is 5.56 Å². The van der Waals surface area contributed by atoms with E-state index >= 15 is 0 Å². The third-order valence-electron chi connectivity index (χ3n) is 3.43. The fourth-order valence-electron chi connectivity index (χ4n) is 2.59. The van der Waals surface area contributed by atoms with Crippen molar-refractivity contribution in [3.63, 3.8) is 0 Å². The molecule has 0 spiro atoms. The van der Waals surface area contributed by atoms with Gasteiger partial charge in [-0.25, -0.2) is 9.67 Å². The first-order valence-electron chi connectivity index (χ1n) is 6.98. The Morgan fingerprint density at radius 3 is 2.67 bits per heavy atom. The lowest BCUT2D eigenvalue weighted by Gasteiger charge is -2.19. The van der Waals surface area contributed by atoms with Gasteiger partial charge in [0.1, 0.15) is 5.65 Å². The van der Waals surface area contributed by atoms with Crippen LogP contribution in [0.5, 0.6) is 0 Å². The molecular formula is C15H20N6. The molecule has 0 aromatic carbocycles. The minimum Gasteiger partial charge on any atom is -0.381 e. The zero-order chi connectivity index (χ0) is 15.2. The third kappa shape index (κ3) is 2.49. The number of nitrogen functional groups attached to an aromatic ring is 1. The number of hydrogen-bond donors (Lipinski definition) is 1. The highest BCUT2D eigenvalue weighted by Gasteiger charge is 2.24. The van der Waals surface area contributed by atoms with Crippen LogP contribution >= 0.6 is 0 Å². The number of hydrogen-bond acceptors (Lipinski definition) is 4. The Bertz CT molecular complexity index is 790. The third-order valence-corrected chi connectivity index (χ3v) is 3.43. The zero-order valence-corrected chi connectivity index (χ0v) is 12.8. The molecule has 6 nitrogen and oxygen atoms in total. The molecule has 0 saturated heterocycles. The van der Waals surface area contributed by atoms with Gasteiger partial charge in [0.15, 0.2) is 5.82 Å². The van der Waals surface area contributed by atoms with Gasteiger partial charge in [0, 0.05) is 17.8 Å². The van der Waals surface area contributed by atoms with Gasteiger partial charge in [-0.2, -0.15) is 0 Å². The molecule has 0 aliphatic heterocycles. The molecule has 21 heavy (non-hydrogen) atoms. The summed E-state index contributed by atoms with van der Waals surface area (Å²) >= 11 is 0. The van der Waals surface area contributed by atoms with Crippen LogP contribution in [0, 0.1) is 6.92 Å². The minimum absolute atomic E-state index is 0.108. The lowest BCUT2D eigenvalue weighted by molar-refractivity contribution is 0.500. The van der Waals surface area contributed by atoms with Gasteiger partial charge in [-0.1, -0.05) is 32.1 Å². The van der Waals surface area contributed by atoms with Crippen LogP contribution in [0.1, 0.15) is 37.7 Å². The molecule has 0 aliphatic rings. The maximum Gasteiger partial charge on any atom is 0.169 e. The molecule has 3 rings (SSSR count). The van der Waals surface area contributed by atoms with Crippen LogP contribution in [-0.2, 0) is 12.0 Å². The molecule has 6 heteroatoms. The van der Waals surface area contributed by atoms with Crippen LogP contribution in [0.2, 0.25) is 0 Å². The van der Waals surface area contributed by atoms with E-state index in [9.17, 15) is 0 Å². The van der Waals surface area contributed by atoms with Crippen molar-refractivity contribution in [2.75, 3.05) is 5.73 Å². The summed E-state index contributed by atoms with van der Waals surface area (Å²) in [5.74, 6) is 0.488. The number of rotatable bonds is 2. The van der Waals surface area contributed by atoms with Crippen molar-refractivity contribution in [3.05, 3.63) is 41.5 Å². The second kappa shape index (κ2) is 4.58. The fourth-order valence-corrected chi connectivity index (χ4v) is 2.59. The Labute approximate surface area is 123 Å². The Morgan fingerprint density at radius 2 is 1.95 bits per heavy atom. The van der Waals surface area contributed by atoms with Crippen molar-refractivity contribution in [1.82, 2.24) is 24.4 Å². The van der Waals surface area contributed by atoms with Gasteiger partial charge in [-0.15, -0.1) is 5.10 Å². The Balaban J connectivity index is 1.99. The number of nitrogens with zero attached hydrogens (tertiary/aromatic N) is 5. The second-order valence-electron chi connectivity index (χ2n) is 6.44. The highest BCUT2D eigenvalue weighted by molar-refractivity contribution is 5.42. The van der Waals surface area contributed by atoms with Crippen LogP contribution in [0.3, 0.4) is 0 Å². The molecule has 3 heterocycles. The van der Waals surface area contributed by atoms with Gasteiger partial charge in [0.05, 0.1) is 17.9 Å². The second-order valence-corrected chi connectivity index (χ2v) is 6.44. The summed E-state index contributed by atoms with van der Waals surface area (Å²) in [5, 5.41) is 8.16. The van der Waals surface area contributed by atoms with Crippen LogP contribution in [0.4, 0.5) is 5.82 Å². The predicted molar refractivity (Wildman–Crippen MR) is 82.2 cm³/mol. The first kappa shape index (κ1) is 13.6. The fraction of sp³-hybridized carbons (Fsp3) is 0.400. The molecule has 0 unspecified atom stereocenters. The molecule has 2 N–H and O–H groups in total. The molecule has 0 saturated carbocycles. The van der Waals surface area contributed by atoms with E-state index in [1.54, 1.807) is 0 Å². The summed E-state index contributed by atoms with van der Waals surface area (Å²) in [6.45, 7) is 8.94. The van der Waals surface area contributed by atoms with Crippen molar-refractivity contribution >= 4 is 11.5 Å². The normalized spacial score (nSPS) is 12.2. The van der Waals surface area contributed by atoms with E-state index < -0.39 is 0 Å². The van der Waals surface area contributed by atoms with E-state index in [4.69, 9.17) is 5.73 Å². The largest absolute Gasteiger partial charge is 0.381 e. The number of imidazole rings is 1. The summed E-state index contributed by atoms with van der Waals surface area (Å²) in [4.78, 5) is 4.62. The smallest absolute Gasteiger partial charge is 0.169 e. The van der Waals surface area contributed by atoms with E-state index in [2.05, 4.69) is 55.3 Å². The summed E-state index contributed by atoms with van der Waals surface area (Å²) in [6, 6.07) is 4.07. The monoisotopic (exact) mass is 284 g/mol. The number of aryl methyl sites for hydroxylation is 1. The van der Waals surface area contributed by atoms with E-state index in [0.29, 0.717) is 12.4 Å². The lowest BCUT2D eigenvalue weighted by atomic mass is 9.92. The van der Waals surface area contributed by atoms with Crippen LogP contribution < -0.4 is 5.73 Å². The predicted octanol–water partition coefficient (Wildman–Crippen LogP) is 2.16. The topological polar surface area (TPSA) is 74.0 Å². The Morgan fingerprint density at radius 1 is 1.19 bits per heavy atom. The number of pyridine rings is 1. The molecule has 0 aliphatic carbocycles. The zero-order valence-electron chi connectivity index (χ0n) is 12.8. The SMILES string of the molecule is Cc1ccc2nc(Cn3nnc(N)c3C(C)(C)C)cn2c1. The van der Waals surface area contributed by atoms with Crippen molar-refractivity contribution in [3.8, 4) is 0 Å². The number of fused-ring (bicyclic) bond motifs is 1. The molecule has 3 aromatic heterocycles. The van der Waals surface area contributed by atoms with Gasteiger partial charge in [0.25, 0.3) is 0 Å². The minimum atomic E-state index is -0.108. The van der Waals surface area contributed by atoms with Gasteiger partial charge in [-0.3, -0.25) is 0 Å². The van der Waals surface area contributed by atoms with Gasteiger partial charge in [0.2, 0.25) is 0 Å². The van der Waals surface area contributed by atoms with Crippen molar-refractivity contribution < 1.29 is 0 Å². The average molecular weight is 284 g/mol. The summed E-state index contributed by atoms with van der Waals surface area (Å²) in [7, 11) is 0. The number of nitrogens with two attached hydrogens (primary N) is 1. The van der Waals surface area contributed by atoms with E-state index in [1.807, 2.05) is 21.3 Å². The Hall–Kier alpha value is -2.37. The van der Waals surface area contributed by atoms with Crippen LogP contribution in [0.15, 0.2) is 24.5 Å². The van der Waals surface area contributed by atoms with E-state index in [-0.39, 0.29) is 5.41 Å². The molecule has 0 bridgehead atoms. The maximum absolute atomic E-state index is 5.96. The molecular weight excluding hydrogens is 264 g/mol. The average Bonchev–Trinajstić information content (AvgIpc) is 2.91. The first-order chi connectivity index (χ1) is 9.84. The van der Waals surface area contributed by atoms with Gasteiger partial charge in [-0.05, 0) is 18.6 Å².